The molecule has 4 aromatic carbocycles. The average Bonchev–Trinajstić information content (AvgIpc) is 3.87. The van der Waals surface area contributed by atoms with Crippen LogP contribution >= 0.6 is 23.2 Å². The van der Waals surface area contributed by atoms with Crippen LogP contribution in [0.25, 0.3) is 22.8 Å². The number of amides is 4. The van der Waals surface area contributed by atoms with E-state index in [1.807, 2.05) is 24.3 Å². The lowest BCUT2D eigenvalue weighted by Crippen LogP contribution is -2.21. The van der Waals surface area contributed by atoms with Crippen molar-refractivity contribution in [3.8, 4) is 0 Å². The van der Waals surface area contributed by atoms with E-state index in [0.29, 0.717) is 55.1 Å². The lowest BCUT2D eigenvalue weighted by molar-refractivity contribution is -0.117. The van der Waals surface area contributed by atoms with Crippen LogP contribution in [0.3, 0.4) is 0 Å². The summed E-state index contributed by atoms with van der Waals surface area (Å²) >= 11 is 11.8. The van der Waals surface area contributed by atoms with E-state index in [-0.39, 0.29) is 34.5 Å². The van der Waals surface area contributed by atoms with Crippen LogP contribution in [0.5, 0.6) is 0 Å². The van der Waals surface area contributed by atoms with Crippen molar-refractivity contribution in [1.82, 2.24) is 21.3 Å². The SMILES string of the molecule is CC(C)(C)c1ccc(C2=C3C(=O)NC(c4ccc(C(C)(C)C)cc4)=C3C(=O)N2)cc1.O=C1NC(c2ccc(Cl)cc2)=C2C(=O)NC(c3ccc(Cl)cc3)=C12. The van der Waals surface area contributed by atoms with Crippen molar-refractivity contribution >= 4 is 69.6 Å². The second kappa shape index (κ2) is 13.6. The zero-order valence-corrected chi connectivity index (χ0v) is 32.1. The van der Waals surface area contributed by atoms with Crippen molar-refractivity contribution in [3.05, 3.63) is 163 Å². The summed E-state index contributed by atoms with van der Waals surface area (Å²) in [7, 11) is 0. The third kappa shape index (κ3) is 6.79. The molecule has 4 aliphatic rings. The molecule has 0 bridgehead atoms. The number of fused-ring (bicyclic) bond motifs is 2. The molecular formula is C44H38Cl2N4O4. The molecule has 4 N–H and O–H groups in total. The topological polar surface area (TPSA) is 116 Å². The van der Waals surface area contributed by atoms with Crippen LogP contribution in [0.15, 0.2) is 119 Å². The van der Waals surface area contributed by atoms with E-state index in [4.69, 9.17) is 23.2 Å². The molecule has 8 nitrogen and oxygen atoms in total. The highest BCUT2D eigenvalue weighted by molar-refractivity contribution is 6.32. The third-order valence-electron chi connectivity index (χ3n) is 9.71. The lowest BCUT2D eigenvalue weighted by Gasteiger charge is -2.19. The Hall–Kier alpha value is -5.70. The minimum absolute atomic E-state index is 0.0391. The summed E-state index contributed by atoms with van der Waals surface area (Å²) in [5, 5.41) is 12.6. The molecule has 0 aliphatic carbocycles. The van der Waals surface area contributed by atoms with Gasteiger partial charge in [-0.2, -0.15) is 0 Å². The van der Waals surface area contributed by atoms with Crippen LogP contribution in [0.2, 0.25) is 10.0 Å². The van der Waals surface area contributed by atoms with Gasteiger partial charge in [-0.15, -0.1) is 0 Å². The van der Waals surface area contributed by atoms with Crippen molar-refractivity contribution in [2.24, 2.45) is 0 Å². The first-order valence-corrected chi connectivity index (χ1v) is 18.2. The van der Waals surface area contributed by atoms with Crippen LogP contribution in [0.1, 0.15) is 74.9 Å². The Bertz CT molecular complexity index is 2220. The van der Waals surface area contributed by atoms with Gasteiger partial charge < -0.3 is 21.3 Å². The maximum Gasteiger partial charge on any atom is 0.258 e. The van der Waals surface area contributed by atoms with Gasteiger partial charge in [-0.05, 0) is 68.5 Å². The van der Waals surface area contributed by atoms with Gasteiger partial charge in [0, 0.05) is 10.0 Å². The molecule has 4 heterocycles. The molecule has 0 aromatic heterocycles. The molecule has 4 aromatic rings. The van der Waals surface area contributed by atoms with Gasteiger partial charge in [0.05, 0.1) is 45.1 Å². The van der Waals surface area contributed by atoms with Gasteiger partial charge in [0.1, 0.15) is 0 Å². The zero-order chi connectivity index (χ0) is 38.7. The summed E-state index contributed by atoms with van der Waals surface area (Å²) in [5.41, 5.74) is 9.31. The highest BCUT2D eigenvalue weighted by atomic mass is 35.5. The maximum atomic E-state index is 12.8. The van der Waals surface area contributed by atoms with Gasteiger partial charge in [0.2, 0.25) is 0 Å². The van der Waals surface area contributed by atoms with E-state index < -0.39 is 0 Å². The van der Waals surface area contributed by atoms with Gasteiger partial charge in [-0.3, -0.25) is 19.2 Å². The smallest absolute Gasteiger partial charge is 0.258 e. The number of rotatable bonds is 4. The summed E-state index contributed by atoms with van der Waals surface area (Å²) < 4.78 is 0. The molecule has 0 atom stereocenters. The molecule has 0 saturated heterocycles. The standard InChI is InChI=1S/C26H28N2O2.C18H10Cl2N2O2/c1-25(2,3)17-11-7-15(8-12-17)21-19-20(24(30)27-21)22(28-23(19)29)16-9-13-18(14-10-16)26(4,5)6;19-11-5-1-9(2-6-11)15-13-14(18(24)21-15)16(22-17(13)23)10-3-7-12(20)8-4-10/h7-14H,1-6H3,(H,27,30)(H,28,29);1-8H,(H,21,24)(H,22,23). The summed E-state index contributed by atoms with van der Waals surface area (Å²) in [4.78, 5) is 50.5. The number of nitrogens with one attached hydrogen (secondary N) is 4. The van der Waals surface area contributed by atoms with Crippen LogP contribution in [0, 0.1) is 0 Å². The van der Waals surface area contributed by atoms with Crippen molar-refractivity contribution in [1.29, 1.82) is 0 Å². The fraction of sp³-hybridized carbons (Fsp3) is 0.182. The molecule has 0 saturated carbocycles. The van der Waals surface area contributed by atoms with Gasteiger partial charge in [-0.25, -0.2) is 0 Å². The first-order chi connectivity index (χ1) is 25.5. The number of carbonyl (C=O) groups is 4. The van der Waals surface area contributed by atoms with Gasteiger partial charge >= 0.3 is 0 Å². The van der Waals surface area contributed by atoms with E-state index in [0.717, 1.165) is 22.3 Å². The molecule has 0 spiro atoms. The number of hydrogen-bond donors (Lipinski definition) is 4. The minimum Gasteiger partial charge on any atom is -0.321 e. The quantitative estimate of drug-likeness (QED) is 0.169. The molecule has 4 aliphatic heterocycles. The minimum atomic E-state index is -0.307. The second-order valence-electron chi connectivity index (χ2n) is 15.5. The Labute approximate surface area is 324 Å². The Balaban J connectivity index is 0.000000171. The van der Waals surface area contributed by atoms with Gasteiger partial charge in [0.25, 0.3) is 23.6 Å². The number of halogens is 2. The Kier molecular flexibility index (Phi) is 9.24. The number of benzene rings is 4. The number of hydrogen-bond acceptors (Lipinski definition) is 4. The van der Waals surface area contributed by atoms with Crippen molar-refractivity contribution in [2.75, 3.05) is 0 Å². The van der Waals surface area contributed by atoms with Crippen LogP contribution < -0.4 is 21.3 Å². The summed E-state index contributed by atoms with van der Waals surface area (Å²) in [6.07, 6.45) is 0. The first kappa shape index (κ1) is 36.6. The first-order valence-electron chi connectivity index (χ1n) is 17.5. The Morgan fingerprint density at radius 3 is 0.759 bits per heavy atom. The van der Waals surface area contributed by atoms with E-state index in [9.17, 15) is 19.2 Å². The predicted molar refractivity (Wildman–Crippen MR) is 213 cm³/mol. The highest BCUT2D eigenvalue weighted by Gasteiger charge is 2.42. The zero-order valence-electron chi connectivity index (χ0n) is 30.6. The molecule has 4 amide bonds. The summed E-state index contributed by atoms with van der Waals surface area (Å²) in [6.45, 7) is 12.9. The molecule has 0 fully saturated rings. The van der Waals surface area contributed by atoms with Crippen molar-refractivity contribution in [2.45, 2.75) is 52.4 Å². The molecule has 10 heteroatoms. The molecule has 8 rings (SSSR count). The van der Waals surface area contributed by atoms with Crippen molar-refractivity contribution in [3.63, 3.8) is 0 Å². The lowest BCUT2D eigenvalue weighted by atomic mass is 9.86. The average molecular weight is 758 g/mol. The van der Waals surface area contributed by atoms with Gasteiger partial charge in [-0.1, -0.05) is 138 Å². The summed E-state index contributed by atoms with van der Waals surface area (Å²) in [6, 6.07) is 30.0. The third-order valence-corrected chi connectivity index (χ3v) is 10.2. The predicted octanol–water partition coefficient (Wildman–Crippen LogP) is 8.04. The van der Waals surface area contributed by atoms with E-state index in [1.54, 1.807) is 48.5 Å². The molecule has 272 valence electrons. The van der Waals surface area contributed by atoms with Crippen LogP contribution in [-0.2, 0) is 30.0 Å². The highest BCUT2D eigenvalue weighted by Crippen LogP contribution is 2.39. The largest absolute Gasteiger partial charge is 0.321 e. The molecule has 54 heavy (non-hydrogen) atoms. The molecule has 0 unspecified atom stereocenters. The summed E-state index contributed by atoms with van der Waals surface area (Å²) in [5.74, 6) is -1.10. The Morgan fingerprint density at radius 2 is 0.556 bits per heavy atom. The van der Waals surface area contributed by atoms with Gasteiger partial charge in [0.15, 0.2) is 0 Å². The van der Waals surface area contributed by atoms with E-state index in [2.05, 4.69) is 87.1 Å². The Morgan fingerprint density at radius 1 is 0.352 bits per heavy atom. The number of carbonyl (C=O) groups excluding carboxylic acids is 4. The second-order valence-corrected chi connectivity index (χ2v) is 16.4. The molecular weight excluding hydrogens is 719 g/mol. The monoisotopic (exact) mass is 756 g/mol. The van der Waals surface area contributed by atoms with Crippen LogP contribution in [-0.4, -0.2) is 23.6 Å². The van der Waals surface area contributed by atoms with E-state index >= 15 is 0 Å². The fourth-order valence-corrected chi connectivity index (χ4v) is 6.99. The maximum absolute atomic E-state index is 12.8. The normalized spacial score (nSPS) is 16.6. The van der Waals surface area contributed by atoms with Crippen LogP contribution in [0.4, 0.5) is 0 Å². The molecule has 0 radical (unpaired) electrons. The van der Waals surface area contributed by atoms with E-state index in [1.165, 1.54) is 11.1 Å². The van der Waals surface area contributed by atoms with Crippen molar-refractivity contribution < 1.29 is 19.2 Å². The fourth-order valence-electron chi connectivity index (χ4n) is 6.74.